The summed E-state index contributed by atoms with van der Waals surface area (Å²) in [4.78, 5) is 35.3. The zero-order valence-corrected chi connectivity index (χ0v) is 16.8. The van der Waals surface area contributed by atoms with Gasteiger partial charge in [0.25, 0.3) is 5.91 Å². The van der Waals surface area contributed by atoms with Gasteiger partial charge in [0.05, 0.1) is 10.5 Å². The largest absolute Gasteiger partial charge is 0.449 e. The van der Waals surface area contributed by atoms with Gasteiger partial charge in [-0.3, -0.25) is 10.1 Å². The van der Waals surface area contributed by atoms with Gasteiger partial charge in [0, 0.05) is 20.1 Å². The lowest BCUT2D eigenvalue weighted by Crippen LogP contribution is -2.43. The number of imide groups is 1. The maximum atomic E-state index is 12.9. The average molecular weight is 411 g/mol. The number of ether oxygens (including phenoxy) is 1. The fraction of sp³-hybridized carbons (Fsp3) is 0.500. The van der Waals surface area contributed by atoms with Crippen LogP contribution in [0.25, 0.3) is 0 Å². The number of urea groups is 1. The molecule has 2 N–H and O–H groups in total. The molecule has 0 radical (unpaired) electrons. The second-order valence-electron chi connectivity index (χ2n) is 6.46. The molecule has 0 spiro atoms. The van der Waals surface area contributed by atoms with Gasteiger partial charge in [-0.05, 0) is 38.0 Å². The van der Waals surface area contributed by atoms with E-state index in [1.807, 2.05) is 5.32 Å². The SMILES string of the molecule is CNC(=O)NC(=O)[C@@H](C)OC(=O)c1cccc(S(=O)(=O)N2CCCCCC2)c1. The number of hydrogen-bond acceptors (Lipinski definition) is 6. The van der Waals surface area contributed by atoms with E-state index in [9.17, 15) is 22.8 Å². The molecule has 1 aliphatic heterocycles. The molecule has 3 amide bonds. The molecule has 1 atom stereocenters. The summed E-state index contributed by atoms with van der Waals surface area (Å²) in [7, 11) is -2.37. The Hall–Kier alpha value is -2.46. The maximum absolute atomic E-state index is 12.9. The van der Waals surface area contributed by atoms with Gasteiger partial charge in [-0.25, -0.2) is 18.0 Å². The van der Waals surface area contributed by atoms with Crippen molar-refractivity contribution in [1.29, 1.82) is 0 Å². The zero-order valence-electron chi connectivity index (χ0n) is 15.9. The van der Waals surface area contributed by atoms with Crippen LogP contribution in [0.3, 0.4) is 0 Å². The molecule has 0 bridgehead atoms. The molecule has 0 unspecified atom stereocenters. The molecule has 0 saturated carbocycles. The van der Waals surface area contributed by atoms with E-state index in [0.29, 0.717) is 13.1 Å². The average Bonchev–Trinajstić information content (AvgIpc) is 2.97. The lowest BCUT2D eigenvalue weighted by atomic mass is 10.2. The zero-order chi connectivity index (χ0) is 20.7. The second-order valence-corrected chi connectivity index (χ2v) is 8.40. The number of carbonyl (C=O) groups excluding carboxylic acids is 3. The van der Waals surface area contributed by atoms with Crippen molar-refractivity contribution in [2.24, 2.45) is 0 Å². The van der Waals surface area contributed by atoms with Crippen molar-refractivity contribution in [1.82, 2.24) is 14.9 Å². The smallest absolute Gasteiger partial charge is 0.338 e. The van der Waals surface area contributed by atoms with Crippen molar-refractivity contribution < 1.29 is 27.5 Å². The van der Waals surface area contributed by atoms with Crippen molar-refractivity contribution in [3.05, 3.63) is 29.8 Å². The first-order valence-electron chi connectivity index (χ1n) is 9.09. The Bertz CT molecular complexity index is 831. The third-order valence-corrected chi connectivity index (χ3v) is 6.28. The van der Waals surface area contributed by atoms with Crippen molar-refractivity contribution in [3.63, 3.8) is 0 Å². The van der Waals surface area contributed by atoms with Crippen molar-refractivity contribution in [2.45, 2.75) is 43.6 Å². The predicted octanol–water partition coefficient (Wildman–Crippen LogP) is 1.25. The summed E-state index contributed by atoms with van der Waals surface area (Å²) in [5.41, 5.74) is 0.00971. The summed E-state index contributed by atoms with van der Waals surface area (Å²) in [5.74, 6) is -1.64. The highest BCUT2D eigenvalue weighted by Gasteiger charge is 2.27. The molecule has 1 aromatic rings. The molecular weight excluding hydrogens is 386 g/mol. The van der Waals surface area contributed by atoms with E-state index in [2.05, 4.69) is 5.32 Å². The van der Waals surface area contributed by atoms with E-state index in [0.717, 1.165) is 25.7 Å². The number of carbonyl (C=O) groups is 3. The molecule has 28 heavy (non-hydrogen) atoms. The van der Waals surface area contributed by atoms with Crippen molar-refractivity contribution >= 4 is 27.9 Å². The Morgan fingerprint density at radius 3 is 2.36 bits per heavy atom. The van der Waals surface area contributed by atoms with Crippen molar-refractivity contribution in [3.8, 4) is 0 Å². The molecule has 9 nitrogen and oxygen atoms in total. The Kier molecular flexibility index (Phi) is 7.53. The molecule has 1 aliphatic rings. The Morgan fingerprint density at radius 1 is 1.11 bits per heavy atom. The van der Waals surface area contributed by atoms with E-state index in [-0.39, 0.29) is 10.5 Å². The Morgan fingerprint density at radius 2 is 1.75 bits per heavy atom. The van der Waals surface area contributed by atoms with E-state index < -0.39 is 34.0 Å². The number of nitrogens with zero attached hydrogens (tertiary/aromatic N) is 1. The maximum Gasteiger partial charge on any atom is 0.338 e. The minimum absolute atomic E-state index is 0.00585. The summed E-state index contributed by atoms with van der Waals surface area (Å²) in [6.07, 6.45) is 2.37. The van der Waals surface area contributed by atoms with Gasteiger partial charge in [0.15, 0.2) is 6.10 Å². The first-order valence-corrected chi connectivity index (χ1v) is 10.5. The van der Waals surface area contributed by atoms with Gasteiger partial charge in [-0.15, -0.1) is 0 Å². The first-order chi connectivity index (χ1) is 13.3. The summed E-state index contributed by atoms with van der Waals surface area (Å²) in [6.45, 7) is 2.22. The van der Waals surface area contributed by atoms with E-state index in [4.69, 9.17) is 4.74 Å². The lowest BCUT2D eigenvalue weighted by molar-refractivity contribution is -0.127. The van der Waals surface area contributed by atoms with Gasteiger partial charge in [0.2, 0.25) is 10.0 Å². The molecule has 1 fully saturated rings. The highest BCUT2D eigenvalue weighted by atomic mass is 32.2. The number of rotatable bonds is 5. The number of nitrogens with one attached hydrogen (secondary N) is 2. The summed E-state index contributed by atoms with van der Waals surface area (Å²) in [6, 6.07) is 4.81. The molecule has 0 aliphatic carbocycles. The predicted molar refractivity (Wildman–Crippen MR) is 101 cm³/mol. The second kappa shape index (κ2) is 9.65. The van der Waals surface area contributed by atoms with Crippen LogP contribution >= 0.6 is 0 Å². The molecule has 0 aromatic heterocycles. The molecular formula is C18H25N3O6S. The molecule has 154 valence electrons. The van der Waals surface area contributed by atoms with Crippen LogP contribution < -0.4 is 10.6 Å². The number of benzene rings is 1. The normalized spacial score (nSPS) is 16.5. The van der Waals surface area contributed by atoms with Crippen molar-refractivity contribution in [2.75, 3.05) is 20.1 Å². The topological polar surface area (TPSA) is 122 Å². The fourth-order valence-electron chi connectivity index (χ4n) is 2.77. The van der Waals surface area contributed by atoms with Crippen LogP contribution in [-0.4, -0.2) is 56.9 Å². The van der Waals surface area contributed by atoms with Crippen LogP contribution in [0.15, 0.2) is 29.2 Å². The molecule has 1 saturated heterocycles. The number of esters is 1. The third kappa shape index (κ3) is 5.52. The van der Waals surface area contributed by atoms with Gasteiger partial charge < -0.3 is 10.1 Å². The monoisotopic (exact) mass is 411 g/mol. The standard InChI is InChI=1S/C18H25N3O6S/c1-13(16(22)20-18(24)19-2)27-17(23)14-8-7-9-15(12-14)28(25,26)21-10-5-3-4-6-11-21/h7-9,12-13H,3-6,10-11H2,1-2H3,(H2,19,20,22,24)/t13-/m1/s1. The summed E-state index contributed by atoms with van der Waals surface area (Å²) < 4.78 is 32.2. The Labute approximate surface area is 164 Å². The van der Waals surface area contributed by atoms with Gasteiger partial charge in [-0.1, -0.05) is 18.9 Å². The fourth-order valence-corrected chi connectivity index (χ4v) is 4.34. The molecule has 1 aromatic carbocycles. The summed E-state index contributed by atoms with van der Waals surface area (Å²) >= 11 is 0. The highest BCUT2D eigenvalue weighted by Crippen LogP contribution is 2.21. The third-order valence-electron chi connectivity index (χ3n) is 4.39. The quantitative estimate of drug-likeness (QED) is 0.703. The van der Waals surface area contributed by atoms with Gasteiger partial charge in [-0.2, -0.15) is 4.31 Å². The van der Waals surface area contributed by atoms with Crippen LogP contribution in [-0.2, 0) is 19.6 Å². The van der Waals surface area contributed by atoms with Gasteiger partial charge in [0.1, 0.15) is 0 Å². The summed E-state index contributed by atoms with van der Waals surface area (Å²) in [5, 5.41) is 4.21. The van der Waals surface area contributed by atoms with Crippen LogP contribution in [0, 0.1) is 0 Å². The van der Waals surface area contributed by atoms with Crippen LogP contribution in [0.5, 0.6) is 0 Å². The number of amides is 3. The number of hydrogen-bond donors (Lipinski definition) is 2. The van der Waals surface area contributed by atoms with Crippen LogP contribution in [0.4, 0.5) is 4.79 Å². The molecule has 10 heteroatoms. The lowest BCUT2D eigenvalue weighted by Gasteiger charge is -2.20. The minimum atomic E-state index is -3.71. The molecule has 2 rings (SSSR count). The van der Waals surface area contributed by atoms with E-state index in [1.165, 1.54) is 42.5 Å². The van der Waals surface area contributed by atoms with Crippen LogP contribution in [0.1, 0.15) is 43.0 Å². The van der Waals surface area contributed by atoms with Crippen LogP contribution in [0.2, 0.25) is 0 Å². The first kappa shape index (κ1) is 21.8. The molecule has 1 heterocycles. The van der Waals surface area contributed by atoms with E-state index >= 15 is 0 Å². The van der Waals surface area contributed by atoms with Gasteiger partial charge >= 0.3 is 12.0 Å². The van der Waals surface area contributed by atoms with E-state index in [1.54, 1.807) is 0 Å². The number of sulfonamides is 1. The Balaban J connectivity index is 2.12. The minimum Gasteiger partial charge on any atom is -0.449 e. The highest BCUT2D eigenvalue weighted by molar-refractivity contribution is 7.89.